The second-order valence-corrected chi connectivity index (χ2v) is 13.0. The fraction of sp³-hybridized carbons (Fsp3) is 0.222. The Bertz CT molecular complexity index is 2350. The highest BCUT2D eigenvalue weighted by Crippen LogP contribution is 2.62. The quantitative estimate of drug-likeness (QED) is 0.0436. The van der Waals surface area contributed by atoms with Gasteiger partial charge >= 0.3 is 71.3 Å². The Morgan fingerprint density at radius 1 is 0.312 bits per heavy atom. The number of alkyl halides is 16. The summed E-state index contributed by atoms with van der Waals surface area (Å²) in [6, 6.07) is 1.59. The van der Waals surface area contributed by atoms with Crippen molar-refractivity contribution < 1.29 is 110 Å². The summed E-state index contributed by atoms with van der Waals surface area (Å²) < 4.78 is 230. The lowest BCUT2D eigenvalue weighted by atomic mass is 9.87. The van der Waals surface area contributed by atoms with E-state index in [0.717, 1.165) is 0 Å². The number of aromatic carboxylic acids is 4. The van der Waals surface area contributed by atoms with E-state index in [1.807, 2.05) is 0 Å². The van der Waals surface area contributed by atoms with E-state index in [4.69, 9.17) is 43.4 Å². The smallest absolute Gasteiger partial charge is 0.385 e. The van der Waals surface area contributed by atoms with E-state index in [1.54, 1.807) is 0 Å². The van der Waals surface area contributed by atoms with Crippen molar-refractivity contribution >= 4 is 46.6 Å². The van der Waals surface area contributed by atoms with E-state index in [1.165, 1.54) is 0 Å². The molecule has 12 nitrogen and oxygen atoms in total. The van der Waals surface area contributed by atoms with Crippen molar-refractivity contribution in [3.8, 4) is 0 Å². The third-order valence-corrected chi connectivity index (χ3v) is 8.95. The number of carboxylic acids is 4. The van der Waals surface area contributed by atoms with Gasteiger partial charge < -0.3 is 43.4 Å². The maximum atomic E-state index is 14.4. The van der Waals surface area contributed by atoms with E-state index in [2.05, 4.69) is 0 Å². The van der Waals surface area contributed by atoms with Gasteiger partial charge in [0.15, 0.2) is 0 Å². The molecule has 0 atom stereocenters. The maximum Gasteiger partial charge on any atom is 0.385 e. The zero-order valence-electron chi connectivity index (χ0n) is 30.7. The molecule has 4 aromatic rings. The second-order valence-electron chi connectivity index (χ2n) is 13.0. The van der Waals surface area contributed by atoms with E-state index < -0.39 is 139 Å². The van der Waals surface area contributed by atoms with Crippen molar-refractivity contribution in [2.24, 2.45) is 0 Å². The topological polar surface area (TPSA) is 253 Å². The molecule has 0 heterocycles. The average molecular weight is 945 g/mol. The first-order chi connectivity index (χ1) is 28.8. The highest BCUT2D eigenvalue weighted by molar-refractivity contribution is 5.95. The van der Waals surface area contributed by atoms with Crippen LogP contribution in [-0.4, -0.2) is 68.0 Å². The molecule has 348 valence electrons. The number of rotatable bonds is 14. The fourth-order valence-corrected chi connectivity index (χ4v) is 5.26. The van der Waals surface area contributed by atoms with Crippen LogP contribution in [-0.2, 0) is 23.7 Å². The van der Waals surface area contributed by atoms with Crippen LogP contribution in [0.1, 0.15) is 63.7 Å². The van der Waals surface area contributed by atoms with Gasteiger partial charge in [0.1, 0.15) is 0 Å². The van der Waals surface area contributed by atoms with E-state index in [-0.39, 0.29) is 60.7 Å². The number of carboxylic acid groups (broad SMARTS) is 4. The molecular weight excluding hydrogens is 920 g/mol. The van der Waals surface area contributed by atoms with Crippen LogP contribution in [0.3, 0.4) is 0 Å². The number of nitrogen functional groups attached to an aromatic ring is 4. The molecule has 0 spiro atoms. The van der Waals surface area contributed by atoms with Crippen LogP contribution >= 0.6 is 0 Å². The number of halogens is 16. The Labute approximate surface area is 344 Å². The van der Waals surface area contributed by atoms with Crippen molar-refractivity contribution in [3.63, 3.8) is 0 Å². The number of hydrogen-bond donors (Lipinski definition) is 8. The number of anilines is 4. The summed E-state index contributed by atoms with van der Waals surface area (Å²) in [6.45, 7) is 0. The van der Waals surface area contributed by atoms with Gasteiger partial charge in [0.25, 0.3) is 0 Å². The molecular formula is C36H24F16N4O8. The summed E-state index contributed by atoms with van der Waals surface area (Å²) in [5.74, 6) is -59.7. The summed E-state index contributed by atoms with van der Waals surface area (Å²) in [5, 5.41) is 35.4. The first-order valence-corrected chi connectivity index (χ1v) is 16.3. The molecule has 0 saturated heterocycles. The zero-order chi connectivity index (χ0) is 49.7. The molecule has 0 aromatic heterocycles. The summed E-state index contributed by atoms with van der Waals surface area (Å²) in [6.07, 6.45) is 0. The van der Waals surface area contributed by atoms with Crippen molar-refractivity contribution in [2.75, 3.05) is 22.9 Å². The molecule has 64 heavy (non-hydrogen) atoms. The molecule has 0 aliphatic heterocycles. The van der Waals surface area contributed by atoms with Crippen molar-refractivity contribution in [1.82, 2.24) is 0 Å². The lowest BCUT2D eigenvalue weighted by molar-refractivity contribution is -0.407. The Morgan fingerprint density at radius 2 is 0.484 bits per heavy atom. The van der Waals surface area contributed by atoms with E-state index >= 15 is 0 Å². The van der Waals surface area contributed by atoms with E-state index in [9.17, 15) is 89.4 Å². The van der Waals surface area contributed by atoms with Crippen molar-refractivity contribution in [3.05, 3.63) is 117 Å². The lowest BCUT2D eigenvalue weighted by Gasteiger charge is -2.39. The van der Waals surface area contributed by atoms with Crippen LogP contribution in [0.25, 0.3) is 0 Å². The third-order valence-electron chi connectivity index (χ3n) is 8.95. The molecule has 0 saturated carbocycles. The fourth-order valence-electron chi connectivity index (χ4n) is 5.26. The number of carbonyl (C=O) groups is 4. The van der Waals surface area contributed by atoms with Crippen LogP contribution in [0.15, 0.2) is 72.8 Å². The molecule has 4 aromatic carbocycles. The molecule has 28 heteroatoms. The second kappa shape index (κ2) is 16.5. The molecule has 0 bridgehead atoms. The highest BCUT2D eigenvalue weighted by Gasteiger charge is 2.86. The summed E-state index contributed by atoms with van der Waals surface area (Å²) in [4.78, 5) is 43.9. The van der Waals surface area contributed by atoms with Gasteiger partial charge in [0.2, 0.25) is 0 Å². The SMILES string of the molecule is Nc1ccc(C(F)(F)C(F)(F)C(F)(F)C(F)(F)C(F)(F)c2ccc(N)c(C(=O)O)c2)cc1C(=O)O.Nc1ccc(C(F)(F)C(F)(F)C(F)(F)c2ccc(N)c(C(=O)O)c2)cc1C(=O)O. The molecule has 0 aliphatic carbocycles. The summed E-state index contributed by atoms with van der Waals surface area (Å²) in [5.41, 5.74) is 5.62. The molecule has 0 unspecified atom stereocenters. The molecule has 12 N–H and O–H groups in total. The third kappa shape index (κ3) is 8.25. The predicted molar refractivity (Wildman–Crippen MR) is 187 cm³/mol. The van der Waals surface area contributed by atoms with Crippen molar-refractivity contribution in [2.45, 2.75) is 47.4 Å². The maximum absolute atomic E-state index is 14.4. The van der Waals surface area contributed by atoms with Crippen LogP contribution in [0, 0.1) is 0 Å². The first kappa shape index (κ1) is 51.2. The van der Waals surface area contributed by atoms with Crippen LogP contribution in [0.5, 0.6) is 0 Å². The molecule has 4 rings (SSSR count). The lowest BCUT2D eigenvalue weighted by Crippen LogP contribution is -2.65. The monoisotopic (exact) mass is 944 g/mol. The van der Waals surface area contributed by atoms with Gasteiger partial charge in [-0.25, -0.2) is 19.2 Å². The summed E-state index contributed by atoms with van der Waals surface area (Å²) >= 11 is 0. The van der Waals surface area contributed by atoms with Gasteiger partial charge in [-0.05, 0) is 48.5 Å². The molecule has 0 fully saturated rings. The van der Waals surface area contributed by atoms with Crippen LogP contribution < -0.4 is 22.9 Å². The first-order valence-electron chi connectivity index (χ1n) is 16.3. The van der Waals surface area contributed by atoms with Gasteiger partial charge in [-0.3, -0.25) is 0 Å². The largest absolute Gasteiger partial charge is 0.478 e. The molecule has 0 radical (unpaired) electrons. The Balaban J connectivity index is 0.000000346. The number of hydrogen-bond acceptors (Lipinski definition) is 8. The molecule has 0 aliphatic rings. The summed E-state index contributed by atoms with van der Waals surface area (Å²) in [7, 11) is 0. The predicted octanol–water partition coefficient (Wildman–Crippen LogP) is 8.80. The number of nitrogens with two attached hydrogens (primary N) is 4. The van der Waals surface area contributed by atoms with Crippen molar-refractivity contribution in [1.29, 1.82) is 0 Å². The van der Waals surface area contributed by atoms with Gasteiger partial charge in [-0.15, -0.1) is 0 Å². The standard InChI is InChI=1S/C19H12F10N2O4.C17H12F6N2O4/c20-15(21,7-1-3-11(30)9(5-7)13(32)33)17(24,25)19(28,29)18(26,27)16(22,23)8-2-4-12(31)10(6-8)14(34)35;18-15(19,7-1-3-11(24)9(5-7)13(26)27)17(22,23)16(20,21)8-2-4-12(25)10(6-8)14(28)29/h1-6H,30-31H2,(H,32,33)(H,34,35);1-6H,24-25H2,(H,26,27)(H,28,29). The Hall–Kier alpha value is -7.16. The van der Waals surface area contributed by atoms with Gasteiger partial charge in [-0.2, -0.15) is 70.2 Å². The van der Waals surface area contributed by atoms with Gasteiger partial charge in [0.05, 0.1) is 22.3 Å². The van der Waals surface area contributed by atoms with Gasteiger partial charge in [0, 0.05) is 45.0 Å². The Kier molecular flexibility index (Phi) is 13.2. The normalized spacial score (nSPS) is 13.1. The minimum Gasteiger partial charge on any atom is -0.478 e. The van der Waals surface area contributed by atoms with Crippen LogP contribution in [0.4, 0.5) is 93.0 Å². The number of benzene rings is 4. The van der Waals surface area contributed by atoms with E-state index in [0.29, 0.717) is 12.1 Å². The molecule has 0 amide bonds. The average Bonchev–Trinajstić information content (AvgIpc) is 3.17. The Morgan fingerprint density at radius 3 is 0.656 bits per heavy atom. The zero-order valence-corrected chi connectivity index (χ0v) is 30.7. The van der Waals surface area contributed by atoms with Crippen LogP contribution in [0.2, 0.25) is 0 Å². The van der Waals surface area contributed by atoms with Gasteiger partial charge in [-0.1, -0.05) is 24.3 Å². The highest BCUT2D eigenvalue weighted by atomic mass is 19.4. The minimum atomic E-state index is -7.50. The minimum absolute atomic E-state index is 0.0628.